The number of anilines is 1. The fourth-order valence-electron chi connectivity index (χ4n) is 2.46. The van der Waals surface area contributed by atoms with Gasteiger partial charge in [0.15, 0.2) is 0 Å². The van der Waals surface area contributed by atoms with Gasteiger partial charge in [0.1, 0.15) is 5.75 Å². The van der Waals surface area contributed by atoms with Gasteiger partial charge in [0.05, 0.1) is 27.6 Å². The average Bonchev–Trinajstić information content (AvgIpc) is 2.93. The quantitative estimate of drug-likeness (QED) is 0.633. The van der Waals surface area contributed by atoms with Gasteiger partial charge >= 0.3 is 0 Å². The Kier molecular flexibility index (Phi) is 4.32. The van der Waals surface area contributed by atoms with Crippen LogP contribution < -0.4 is 10.1 Å². The van der Waals surface area contributed by atoms with E-state index in [4.69, 9.17) is 16.3 Å². The Bertz CT molecular complexity index is 659. The zero-order valence-corrected chi connectivity index (χ0v) is 15.4. The molecule has 1 aliphatic rings. The van der Waals surface area contributed by atoms with Gasteiger partial charge in [0.2, 0.25) is 0 Å². The van der Waals surface area contributed by atoms with Gasteiger partial charge in [-0.1, -0.05) is 11.6 Å². The largest absolute Gasteiger partial charge is 0.495 e. The number of thiophene rings is 1. The van der Waals surface area contributed by atoms with Gasteiger partial charge in [-0.2, -0.15) is 0 Å². The second-order valence-electron chi connectivity index (χ2n) is 4.63. The summed E-state index contributed by atoms with van der Waals surface area (Å²) < 4.78 is 8.17. The Balaban J connectivity index is 1.89. The lowest BCUT2D eigenvalue weighted by Gasteiger charge is -2.17. The summed E-state index contributed by atoms with van der Waals surface area (Å²) in [7, 11) is 1.67. The van der Waals surface area contributed by atoms with E-state index in [-0.39, 0.29) is 0 Å². The van der Waals surface area contributed by atoms with Crippen LogP contribution in [-0.4, -0.2) is 7.11 Å². The summed E-state index contributed by atoms with van der Waals surface area (Å²) in [6.45, 7) is 0. The van der Waals surface area contributed by atoms with Crippen molar-refractivity contribution in [2.24, 2.45) is 0 Å². The highest BCUT2D eigenvalue weighted by Gasteiger charge is 2.25. The van der Waals surface area contributed by atoms with Gasteiger partial charge in [-0.05, 0) is 62.4 Å². The average molecular weight is 438 g/mol. The van der Waals surface area contributed by atoms with E-state index in [2.05, 4.69) is 43.2 Å². The van der Waals surface area contributed by atoms with Crippen molar-refractivity contribution in [3.05, 3.63) is 41.9 Å². The molecule has 0 spiro atoms. The van der Waals surface area contributed by atoms with Crippen LogP contribution in [0.2, 0.25) is 4.34 Å². The van der Waals surface area contributed by atoms with Crippen LogP contribution in [0.5, 0.6) is 5.75 Å². The molecule has 1 aromatic carbocycles. The number of ether oxygens (including phenoxy) is 1. The van der Waals surface area contributed by atoms with E-state index in [0.717, 1.165) is 37.6 Å². The fraction of sp³-hybridized carbons (Fsp3) is 0.286. The Morgan fingerprint density at radius 3 is 2.85 bits per heavy atom. The van der Waals surface area contributed by atoms with Crippen LogP contribution in [0, 0.1) is 0 Å². The predicted molar refractivity (Wildman–Crippen MR) is 92.4 cm³/mol. The van der Waals surface area contributed by atoms with Crippen molar-refractivity contribution < 1.29 is 4.74 Å². The normalized spacial score (nSPS) is 17.1. The highest BCUT2D eigenvalue weighted by atomic mass is 79.9. The molecule has 0 fully saturated rings. The summed E-state index contributed by atoms with van der Waals surface area (Å²) in [5.41, 5.74) is 2.36. The Morgan fingerprint density at radius 1 is 1.30 bits per heavy atom. The molecule has 1 unspecified atom stereocenters. The lowest BCUT2D eigenvalue weighted by Crippen LogP contribution is -2.07. The lowest BCUT2D eigenvalue weighted by atomic mass is 10.1. The summed E-state index contributed by atoms with van der Waals surface area (Å²) in [4.78, 5) is 1.40. The molecule has 6 heteroatoms. The van der Waals surface area contributed by atoms with E-state index >= 15 is 0 Å². The number of hydrogen-bond acceptors (Lipinski definition) is 3. The zero-order chi connectivity index (χ0) is 14.3. The molecular formula is C14H12Br2ClNOS. The first-order valence-electron chi connectivity index (χ1n) is 6.16. The summed E-state index contributed by atoms with van der Waals surface area (Å²) in [5.74, 6) is 0.817. The van der Waals surface area contributed by atoms with Crippen molar-refractivity contribution in [2.45, 2.75) is 18.9 Å². The molecule has 2 aromatic rings. The van der Waals surface area contributed by atoms with Crippen molar-refractivity contribution in [3.8, 4) is 5.75 Å². The Hall–Kier alpha value is -0.230. The highest BCUT2D eigenvalue weighted by molar-refractivity contribution is 9.11. The topological polar surface area (TPSA) is 21.3 Å². The molecule has 0 saturated heterocycles. The molecule has 0 saturated carbocycles. The number of hydrogen-bond donors (Lipinski definition) is 1. The SMILES string of the molecule is COc1cc(NC2CCc3sc(Cl)cc32)c(Br)cc1Br. The standard InChI is InChI=1S/C14H12Br2ClNOS/c1-19-12-6-11(8(15)5-9(12)16)18-10-2-3-13-7(10)4-14(17)20-13/h4-6,10,18H,2-3H2,1H3. The smallest absolute Gasteiger partial charge is 0.135 e. The van der Waals surface area contributed by atoms with Crippen molar-refractivity contribution >= 4 is 60.5 Å². The maximum atomic E-state index is 6.10. The summed E-state index contributed by atoms with van der Waals surface area (Å²) >= 11 is 14.9. The highest BCUT2D eigenvalue weighted by Crippen LogP contribution is 2.43. The number of halogens is 3. The second kappa shape index (κ2) is 5.87. The van der Waals surface area contributed by atoms with E-state index in [9.17, 15) is 0 Å². The van der Waals surface area contributed by atoms with Gasteiger partial charge in [-0.25, -0.2) is 0 Å². The monoisotopic (exact) mass is 435 g/mol. The molecule has 0 bridgehead atoms. The van der Waals surface area contributed by atoms with Crippen LogP contribution in [-0.2, 0) is 6.42 Å². The lowest BCUT2D eigenvalue weighted by molar-refractivity contribution is 0.412. The fourth-order valence-corrected chi connectivity index (χ4v) is 5.09. The molecule has 0 radical (unpaired) electrons. The molecule has 1 aromatic heterocycles. The van der Waals surface area contributed by atoms with E-state index in [1.165, 1.54) is 10.4 Å². The van der Waals surface area contributed by atoms with Crippen LogP contribution >= 0.6 is 54.8 Å². The number of rotatable bonds is 3. The number of benzene rings is 1. The Morgan fingerprint density at radius 2 is 2.10 bits per heavy atom. The molecule has 1 N–H and O–H groups in total. The van der Waals surface area contributed by atoms with E-state index in [1.54, 1.807) is 18.4 Å². The van der Waals surface area contributed by atoms with Gasteiger partial charge in [-0.3, -0.25) is 0 Å². The van der Waals surface area contributed by atoms with E-state index < -0.39 is 0 Å². The second-order valence-corrected chi connectivity index (χ2v) is 8.11. The molecule has 0 aliphatic heterocycles. The minimum atomic E-state index is 0.316. The summed E-state index contributed by atoms with van der Waals surface area (Å²) in [6.07, 6.45) is 2.19. The predicted octanol–water partition coefficient (Wildman–Crippen LogP) is 6.03. The number of aryl methyl sites for hydroxylation is 1. The van der Waals surface area contributed by atoms with Crippen molar-refractivity contribution in [1.82, 2.24) is 0 Å². The maximum absolute atomic E-state index is 6.10. The van der Waals surface area contributed by atoms with Crippen molar-refractivity contribution in [3.63, 3.8) is 0 Å². The molecule has 106 valence electrons. The summed E-state index contributed by atoms with van der Waals surface area (Å²) in [5, 5.41) is 3.58. The summed E-state index contributed by atoms with van der Waals surface area (Å²) in [6, 6.07) is 6.39. The maximum Gasteiger partial charge on any atom is 0.135 e. The first-order valence-corrected chi connectivity index (χ1v) is 8.94. The van der Waals surface area contributed by atoms with Gasteiger partial charge in [0, 0.05) is 15.4 Å². The number of methoxy groups -OCH3 is 1. The zero-order valence-electron chi connectivity index (χ0n) is 10.7. The Labute approximate surface area is 143 Å². The van der Waals surface area contributed by atoms with Gasteiger partial charge < -0.3 is 10.1 Å². The number of nitrogens with one attached hydrogen (secondary N) is 1. The number of fused-ring (bicyclic) bond motifs is 1. The molecule has 0 amide bonds. The third-order valence-electron chi connectivity index (χ3n) is 3.42. The first kappa shape index (κ1) is 14.7. The molecule has 3 rings (SSSR count). The van der Waals surface area contributed by atoms with Gasteiger partial charge in [0.25, 0.3) is 0 Å². The van der Waals surface area contributed by atoms with Crippen molar-refractivity contribution in [2.75, 3.05) is 12.4 Å². The van der Waals surface area contributed by atoms with E-state index in [0.29, 0.717) is 6.04 Å². The minimum Gasteiger partial charge on any atom is -0.495 e. The van der Waals surface area contributed by atoms with E-state index in [1.807, 2.05) is 12.1 Å². The first-order chi connectivity index (χ1) is 9.58. The van der Waals surface area contributed by atoms with Crippen LogP contribution in [0.25, 0.3) is 0 Å². The van der Waals surface area contributed by atoms with Crippen LogP contribution in [0.1, 0.15) is 22.9 Å². The van der Waals surface area contributed by atoms with Crippen LogP contribution in [0.4, 0.5) is 5.69 Å². The molecule has 20 heavy (non-hydrogen) atoms. The molecule has 2 nitrogen and oxygen atoms in total. The minimum absolute atomic E-state index is 0.316. The van der Waals surface area contributed by atoms with Crippen LogP contribution in [0.3, 0.4) is 0 Å². The molecular weight excluding hydrogens is 425 g/mol. The molecule has 1 aliphatic carbocycles. The molecule has 1 atom stereocenters. The van der Waals surface area contributed by atoms with Crippen molar-refractivity contribution in [1.29, 1.82) is 0 Å². The van der Waals surface area contributed by atoms with Gasteiger partial charge in [-0.15, -0.1) is 11.3 Å². The molecule has 1 heterocycles. The van der Waals surface area contributed by atoms with Crippen LogP contribution in [0.15, 0.2) is 27.1 Å². The third kappa shape index (κ3) is 2.73. The third-order valence-corrected chi connectivity index (χ3v) is 6.03.